The van der Waals surface area contributed by atoms with Crippen LogP contribution < -0.4 is 15.4 Å². The van der Waals surface area contributed by atoms with Gasteiger partial charge in [0, 0.05) is 18.2 Å². The number of piperidine rings is 1. The Bertz CT molecular complexity index is 628. The highest BCUT2D eigenvalue weighted by Gasteiger charge is 2.17. The van der Waals surface area contributed by atoms with E-state index in [1.54, 1.807) is 25.1 Å². The van der Waals surface area contributed by atoms with Gasteiger partial charge in [-0.25, -0.2) is 8.42 Å². The fourth-order valence-corrected chi connectivity index (χ4v) is 2.94. The number of aryl methyl sites for hydroxylation is 1. The number of anilines is 1. The van der Waals surface area contributed by atoms with Crippen LogP contribution in [0.3, 0.4) is 0 Å². The lowest BCUT2D eigenvalue weighted by molar-refractivity contribution is 0.0930. The van der Waals surface area contributed by atoms with Gasteiger partial charge in [-0.3, -0.25) is 9.52 Å². The predicted octanol–water partition coefficient (Wildman–Crippen LogP) is 1.27. The van der Waals surface area contributed by atoms with Gasteiger partial charge in [0.15, 0.2) is 0 Å². The number of benzene rings is 1. The first-order valence-corrected chi connectivity index (χ1v) is 8.84. The van der Waals surface area contributed by atoms with Crippen molar-refractivity contribution in [1.82, 2.24) is 10.6 Å². The van der Waals surface area contributed by atoms with Gasteiger partial charge in [-0.05, 0) is 44.0 Å². The minimum absolute atomic E-state index is 0. The second kappa shape index (κ2) is 7.80. The quantitative estimate of drug-likeness (QED) is 0.765. The molecule has 0 saturated carbocycles. The van der Waals surface area contributed by atoms with Crippen molar-refractivity contribution < 1.29 is 13.2 Å². The van der Waals surface area contributed by atoms with E-state index in [0.29, 0.717) is 11.3 Å². The zero-order valence-electron chi connectivity index (χ0n) is 12.7. The maximum atomic E-state index is 12.2. The molecule has 0 spiro atoms. The first kappa shape index (κ1) is 18.7. The molecule has 0 aromatic heterocycles. The molecule has 1 aliphatic heterocycles. The van der Waals surface area contributed by atoms with Gasteiger partial charge in [0.05, 0.1) is 11.9 Å². The van der Waals surface area contributed by atoms with Crippen LogP contribution in [0.4, 0.5) is 5.69 Å². The molecule has 3 N–H and O–H groups in total. The summed E-state index contributed by atoms with van der Waals surface area (Å²) in [5.41, 5.74) is 1.67. The summed E-state index contributed by atoms with van der Waals surface area (Å²) in [6.45, 7) is 3.55. The van der Waals surface area contributed by atoms with Gasteiger partial charge < -0.3 is 10.6 Å². The molecule has 1 aliphatic rings. The Hall–Kier alpha value is -1.31. The third-order valence-electron chi connectivity index (χ3n) is 3.43. The van der Waals surface area contributed by atoms with Crippen molar-refractivity contribution in [3.05, 3.63) is 29.3 Å². The zero-order chi connectivity index (χ0) is 15.5. The molecule has 1 amide bonds. The summed E-state index contributed by atoms with van der Waals surface area (Å²) in [6.07, 6.45) is 3.09. The summed E-state index contributed by atoms with van der Waals surface area (Å²) in [5, 5.41) is 6.20. The van der Waals surface area contributed by atoms with Gasteiger partial charge in [0.1, 0.15) is 0 Å². The number of hydrogen-bond donors (Lipinski definition) is 3. The number of hydrogen-bond acceptors (Lipinski definition) is 4. The number of rotatable bonds is 4. The van der Waals surface area contributed by atoms with Crippen molar-refractivity contribution in [2.24, 2.45) is 0 Å². The second-order valence-corrected chi connectivity index (χ2v) is 7.17. The summed E-state index contributed by atoms with van der Waals surface area (Å²) in [7, 11) is -3.36. The van der Waals surface area contributed by atoms with Crippen molar-refractivity contribution >= 4 is 34.0 Å². The summed E-state index contributed by atoms with van der Waals surface area (Å²) in [5.74, 6) is -0.180. The molecule has 8 heteroatoms. The fraction of sp³-hybridized carbons (Fsp3) is 0.500. The molecule has 1 unspecified atom stereocenters. The smallest absolute Gasteiger partial charge is 0.251 e. The van der Waals surface area contributed by atoms with Gasteiger partial charge in [-0.15, -0.1) is 12.4 Å². The average molecular weight is 348 g/mol. The van der Waals surface area contributed by atoms with E-state index in [-0.39, 0.29) is 24.4 Å². The Kier molecular flexibility index (Phi) is 6.65. The molecule has 1 saturated heterocycles. The van der Waals surface area contributed by atoms with Crippen molar-refractivity contribution in [1.29, 1.82) is 0 Å². The maximum Gasteiger partial charge on any atom is 0.251 e. The number of amides is 1. The molecule has 22 heavy (non-hydrogen) atoms. The normalized spacial score (nSPS) is 18.2. The summed E-state index contributed by atoms with van der Waals surface area (Å²) >= 11 is 0. The first-order valence-electron chi connectivity index (χ1n) is 6.95. The molecule has 6 nitrogen and oxygen atoms in total. The minimum atomic E-state index is -3.36. The van der Waals surface area contributed by atoms with Crippen LogP contribution in [0.25, 0.3) is 0 Å². The van der Waals surface area contributed by atoms with Gasteiger partial charge in [-0.2, -0.15) is 0 Å². The van der Waals surface area contributed by atoms with Gasteiger partial charge in [-0.1, -0.05) is 6.07 Å². The molecule has 0 bridgehead atoms. The predicted molar refractivity (Wildman–Crippen MR) is 90.3 cm³/mol. The molecule has 1 fully saturated rings. The first-order chi connectivity index (χ1) is 9.85. The molecular weight excluding hydrogens is 326 g/mol. The van der Waals surface area contributed by atoms with E-state index in [9.17, 15) is 13.2 Å². The Balaban J connectivity index is 0.00000242. The Morgan fingerprint density at radius 2 is 2.09 bits per heavy atom. The van der Waals surface area contributed by atoms with Crippen LogP contribution in [0, 0.1) is 6.92 Å². The van der Waals surface area contributed by atoms with Gasteiger partial charge in [0.2, 0.25) is 10.0 Å². The van der Waals surface area contributed by atoms with Crippen molar-refractivity contribution in [3.63, 3.8) is 0 Å². The number of carbonyl (C=O) groups excluding carboxylic acids is 1. The lowest BCUT2D eigenvalue weighted by atomic mass is 10.1. The Labute approximate surface area is 137 Å². The largest absolute Gasteiger partial charge is 0.348 e. The molecule has 1 heterocycles. The minimum Gasteiger partial charge on any atom is -0.348 e. The number of carbonyl (C=O) groups is 1. The molecule has 0 radical (unpaired) electrons. The van der Waals surface area contributed by atoms with Crippen LogP contribution in [0.15, 0.2) is 18.2 Å². The van der Waals surface area contributed by atoms with Crippen LogP contribution in [0.1, 0.15) is 28.8 Å². The lowest BCUT2D eigenvalue weighted by Gasteiger charge is -2.24. The SMILES string of the molecule is Cc1ccc(C(=O)NC2CCCNC2)cc1NS(C)(=O)=O.Cl. The number of sulfonamides is 1. The molecule has 0 aliphatic carbocycles. The summed E-state index contributed by atoms with van der Waals surface area (Å²) < 4.78 is 25.1. The number of nitrogens with one attached hydrogen (secondary N) is 3. The van der Waals surface area contributed by atoms with Crippen molar-refractivity contribution in [3.8, 4) is 0 Å². The molecule has 1 aromatic rings. The monoisotopic (exact) mass is 347 g/mol. The highest BCUT2D eigenvalue weighted by Crippen LogP contribution is 2.18. The third-order valence-corrected chi connectivity index (χ3v) is 4.02. The molecule has 2 rings (SSSR count). The zero-order valence-corrected chi connectivity index (χ0v) is 14.3. The van der Waals surface area contributed by atoms with Crippen LogP contribution in [0.5, 0.6) is 0 Å². The molecular formula is C14H22ClN3O3S. The second-order valence-electron chi connectivity index (χ2n) is 5.42. The highest BCUT2D eigenvalue weighted by molar-refractivity contribution is 7.92. The van der Waals surface area contributed by atoms with E-state index in [2.05, 4.69) is 15.4 Å². The van der Waals surface area contributed by atoms with Crippen molar-refractivity contribution in [2.75, 3.05) is 24.1 Å². The van der Waals surface area contributed by atoms with E-state index in [1.807, 2.05) is 0 Å². The third kappa shape index (κ3) is 5.47. The molecule has 1 aromatic carbocycles. The molecule has 1 atom stereocenters. The Morgan fingerprint density at radius 1 is 1.36 bits per heavy atom. The number of halogens is 1. The molecule has 124 valence electrons. The van der Waals surface area contributed by atoms with Crippen LogP contribution in [0.2, 0.25) is 0 Å². The summed E-state index contributed by atoms with van der Waals surface area (Å²) in [4.78, 5) is 12.2. The van der Waals surface area contributed by atoms with Gasteiger partial charge in [0.25, 0.3) is 5.91 Å². The summed E-state index contributed by atoms with van der Waals surface area (Å²) in [6, 6.07) is 5.14. The van der Waals surface area contributed by atoms with Crippen LogP contribution in [-0.4, -0.2) is 39.7 Å². The Morgan fingerprint density at radius 3 is 2.68 bits per heavy atom. The fourth-order valence-electron chi connectivity index (χ4n) is 2.32. The van der Waals surface area contributed by atoms with E-state index < -0.39 is 10.0 Å². The van der Waals surface area contributed by atoms with Crippen LogP contribution >= 0.6 is 12.4 Å². The topological polar surface area (TPSA) is 87.3 Å². The maximum absolute atomic E-state index is 12.2. The standard InChI is InChI=1S/C14H21N3O3S.ClH/c1-10-5-6-11(8-13(10)17-21(2,19)20)14(18)16-12-4-3-7-15-9-12;/h5-6,8,12,15,17H,3-4,7,9H2,1-2H3,(H,16,18);1H. The van der Waals surface area contributed by atoms with E-state index >= 15 is 0 Å². The highest BCUT2D eigenvalue weighted by atomic mass is 35.5. The van der Waals surface area contributed by atoms with E-state index in [1.165, 1.54) is 0 Å². The van der Waals surface area contributed by atoms with E-state index in [0.717, 1.165) is 37.8 Å². The lowest BCUT2D eigenvalue weighted by Crippen LogP contribution is -2.45. The van der Waals surface area contributed by atoms with Crippen LogP contribution in [-0.2, 0) is 10.0 Å². The van der Waals surface area contributed by atoms with Gasteiger partial charge >= 0.3 is 0 Å². The van der Waals surface area contributed by atoms with Crippen molar-refractivity contribution in [2.45, 2.75) is 25.8 Å². The van der Waals surface area contributed by atoms with E-state index in [4.69, 9.17) is 0 Å². The average Bonchev–Trinajstić information content (AvgIpc) is 2.41.